The van der Waals surface area contributed by atoms with Crippen molar-refractivity contribution in [3.63, 3.8) is 0 Å². The molecule has 0 aliphatic heterocycles. The number of aryl methyl sites for hydroxylation is 1. The highest BCUT2D eigenvalue weighted by molar-refractivity contribution is 5.94. The Labute approximate surface area is 99.1 Å². The average Bonchev–Trinajstić information content (AvgIpc) is 2.35. The number of aliphatic carboxylic acids is 1. The van der Waals surface area contributed by atoms with Gasteiger partial charge in [-0.15, -0.1) is 0 Å². The fourth-order valence-electron chi connectivity index (χ4n) is 1.27. The highest BCUT2D eigenvalue weighted by Gasteiger charge is 2.14. The molecule has 5 nitrogen and oxygen atoms in total. The van der Waals surface area contributed by atoms with Crippen LogP contribution in [0, 0.1) is 0 Å². The van der Waals surface area contributed by atoms with Crippen LogP contribution in [0.5, 0.6) is 0 Å². The number of carbonyl (C=O) groups is 2. The zero-order valence-corrected chi connectivity index (χ0v) is 9.51. The van der Waals surface area contributed by atoms with Crippen molar-refractivity contribution in [2.45, 2.75) is 19.4 Å². The average molecular weight is 237 g/mol. The molecule has 0 fully saturated rings. The second-order valence-corrected chi connectivity index (χ2v) is 3.61. The second kappa shape index (κ2) is 6.00. The normalized spacial score (nSPS) is 11.9. The zero-order valence-electron chi connectivity index (χ0n) is 9.51. The number of hydrogen-bond donors (Lipinski definition) is 3. The van der Waals surface area contributed by atoms with Crippen molar-refractivity contribution in [1.82, 2.24) is 5.32 Å². The van der Waals surface area contributed by atoms with Gasteiger partial charge in [0.05, 0.1) is 6.54 Å². The summed E-state index contributed by atoms with van der Waals surface area (Å²) in [5.41, 5.74) is 1.56. The molecule has 1 amide bonds. The van der Waals surface area contributed by atoms with E-state index in [1.807, 2.05) is 19.1 Å². The van der Waals surface area contributed by atoms with Crippen LogP contribution in [0.1, 0.15) is 22.8 Å². The first kappa shape index (κ1) is 13.2. The molecule has 3 N–H and O–H groups in total. The van der Waals surface area contributed by atoms with Gasteiger partial charge in [-0.3, -0.25) is 4.79 Å². The van der Waals surface area contributed by atoms with Crippen molar-refractivity contribution in [3.8, 4) is 0 Å². The molecule has 5 heteroatoms. The Kier molecular flexibility index (Phi) is 4.66. The van der Waals surface area contributed by atoms with Crippen molar-refractivity contribution in [3.05, 3.63) is 35.4 Å². The Bertz CT molecular complexity index is 399. The summed E-state index contributed by atoms with van der Waals surface area (Å²) in [5, 5.41) is 19.8. The van der Waals surface area contributed by atoms with Crippen molar-refractivity contribution < 1.29 is 19.8 Å². The van der Waals surface area contributed by atoms with Gasteiger partial charge in [-0.25, -0.2) is 4.79 Å². The van der Waals surface area contributed by atoms with Gasteiger partial charge in [0.2, 0.25) is 0 Å². The maximum atomic E-state index is 11.6. The van der Waals surface area contributed by atoms with Gasteiger partial charge in [-0.05, 0) is 24.1 Å². The first-order chi connectivity index (χ1) is 8.04. The number of hydrogen-bond acceptors (Lipinski definition) is 3. The summed E-state index contributed by atoms with van der Waals surface area (Å²) in [5.74, 6) is -1.75. The Morgan fingerprint density at radius 2 is 1.88 bits per heavy atom. The first-order valence-corrected chi connectivity index (χ1v) is 5.32. The first-order valence-electron chi connectivity index (χ1n) is 5.32. The number of aliphatic hydroxyl groups is 1. The molecule has 0 aliphatic carbocycles. The minimum atomic E-state index is -1.58. The van der Waals surface area contributed by atoms with Crippen molar-refractivity contribution in [2.75, 3.05) is 6.54 Å². The lowest BCUT2D eigenvalue weighted by Crippen LogP contribution is -2.36. The lowest BCUT2D eigenvalue weighted by Gasteiger charge is -2.08. The molecule has 1 atom stereocenters. The van der Waals surface area contributed by atoms with Crippen LogP contribution in [0.25, 0.3) is 0 Å². The van der Waals surface area contributed by atoms with Crippen molar-refractivity contribution in [1.29, 1.82) is 0 Å². The molecule has 17 heavy (non-hydrogen) atoms. The molecule has 1 aromatic carbocycles. The number of carboxylic acid groups (broad SMARTS) is 1. The summed E-state index contributed by atoms with van der Waals surface area (Å²) in [6.45, 7) is 1.71. The number of carbonyl (C=O) groups excluding carboxylic acids is 1. The molecule has 1 aromatic rings. The van der Waals surface area contributed by atoms with Crippen LogP contribution in [0.3, 0.4) is 0 Å². The van der Waals surface area contributed by atoms with Gasteiger partial charge in [0.1, 0.15) is 0 Å². The lowest BCUT2D eigenvalue weighted by atomic mass is 10.1. The smallest absolute Gasteiger partial charge is 0.334 e. The van der Waals surface area contributed by atoms with E-state index in [0.717, 1.165) is 12.0 Å². The van der Waals surface area contributed by atoms with Crippen LogP contribution in [-0.4, -0.2) is 34.7 Å². The third kappa shape index (κ3) is 3.88. The fraction of sp³-hybridized carbons (Fsp3) is 0.333. The van der Waals surface area contributed by atoms with E-state index in [1.165, 1.54) is 0 Å². The number of amides is 1. The molecule has 92 valence electrons. The molecular weight excluding hydrogens is 222 g/mol. The molecule has 0 aliphatic rings. The quantitative estimate of drug-likeness (QED) is 0.693. The van der Waals surface area contributed by atoms with E-state index >= 15 is 0 Å². The van der Waals surface area contributed by atoms with Gasteiger partial charge in [0.25, 0.3) is 5.91 Å². The van der Waals surface area contributed by atoms with Gasteiger partial charge in [0.15, 0.2) is 6.10 Å². The predicted molar refractivity (Wildman–Crippen MR) is 61.8 cm³/mol. The lowest BCUT2D eigenvalue weighted by molar-refractivity contribution is -0.146. The Hall–Kier alpha value is -1.88. The summed E-state index contributed by atoms with van der Waals surface area (Å²) < 4.78 is 0. The number of aliphatic hydroxyl groups excluding tert-OH is 1. The largest absolute Gasteiger partial charge is 0.479 e. The third-order valence-electron chi connectivity index (χ3n) is 2.37. The maximum absolute atomic E-state index is 11.6. The Balaban J connectivity index is 2.55. The molecule has 0 aromatic heterocycles. The van der Waals surface area contributed by atoms with Gasteiger partial charge in [-0.2, -0.15) is 0 Å². The van der Waals surface area contributed by atoms with Crippen LogP contribution in [0.2, 0.25) is 0 Å². The highest BCUT2D eigenvalue weighted by Crippen LogP contribution is 2.04. The third-order valence-corrected chi connectivity index (χ3v) is 2.37. The van der Waals surface area contributed by atoms with E-state index in [-0.39, 0.29) is 6.54 Å². The monoisotopic (exact) mass is 237 g/mol. The molecule has 0 spiro atoms. The van der Waals surface area contributed by atoms with Gasteiger partial charge < -0.3 is 15.5 Å². The summed E-state index contributed by atoms with van der Waals surface area (Å²) in [7, 11) is 0. The summed E-state index contributed by atoms with van der Waals surface area (Å²) in [6.07, 6.45) is -0.687. The van der Waals surface area contributed by atoms with E-state index in [4.69, 9.17) is 10.2 Å². The number of nitrogens with one attached hydrogen (secondary N) is 1. The van der Waals surface area contributed by atoms with E-state index in [0.29, 0.717) is 5.56 Å². The van der Waals surface area contributed by atoms with Crippen LogP contribution in [-0.2, 0) is 11.2 Å². The highest BCUT2D eigenvalue weighted by atomic mass is 16.4. The number of carboxylic acids is 1. The summed E-state index contributed by atoms with van der Waals surface area (Å²) in [6, 6.07) is 7.01. The van der Waals surface area contributed by atoms with E-state index in [9.17, 15) is 9.59 Å². The van der Waals surface area contributed by atoms with Crippen LogP contribution in [0.4, 0.5) is 0 Å². The molecular formula is C12H15NO4. The summed E-state index contributed by atoms with van der Waals surface area (Å²) >= 11 is 0. The van der Waals surface area contributed by atoms with Crippen molar-refractivity contribution in [2.24, 2.45) is 0 Å². The predicted octanol–water partition coefficient (Wildman–Crippen LogP) is 0.424. The van der Waals surface area contributed by atoms with Gasteiger partial charge in [0, 0.05) is 5.56 Å². The molecule has 1 rings (SSSR count). The van der Waals surface area contributed by atoms with Crippen molar-refractivity contribution >= 4 is 11.9 Å². The molecule has 0 heterocycles. The molecule has 0 bridgehead atoms. The molecule has 0 radical (unpaired) electrons. The standard InChI is InChI=1S/C12H15NO4/c1-2-8-3-5-9(6-4-8)11(15)13-7-10(14)12(16)17/h3-6,10,14H,2,7H2,1H3,(H,13,15)(H,16,17)/t10-/m0/s1. The van der Waals surface area contributed by atoms with E-state index < -0.39 is 18.0 Å². The Morgan fingerprint density at radius 3 is 2.35 bits per heavy atom. The second-order valence-electron chi connectivity index (χ2n) is 3.61. The molecule has 0 saturated carbocycles. The SMILES string of the molecule is CCc1ccc(C(=O)NC[C@H](O)C(=O)O)cc1. The number of benzene rings is 1. The minimum Gasteiger partial charge on any atom is -0.479 e. The van der Waals surface area contributed by atoms with Gasteiger partial charge in [-0.1, -0.05) is 19.1 Å². The van der Waals surface area contributed by atoms with E-state index in [2.05, 4.69) is 5.32 Å². The zero-order chi connectivity index (χ0) is 12.8. The molecule has 0 saturated heterocycles. The van der Waals surface area contributed by atoms with Crippen LogP contribution < -0.4 is 5.32 Å². The van der Waals surface area contributed by atoms with Gasteiger partial charge >= 0.3 is 5.97 Å². The summed E-state index contributed by atoms with van der Waals surface area (Å²) in [4.78, 5) is 21.9. The Morgan fingerprint density at radius 1 is 1.29 bits per heavy atom. The minimum absolute atomic E-state index is 0.302. The van der Waals surface area contributed by atoms with Crippen LogP contribution in [0.15, 0.2) is 24.3 Å². The molecule has 0 unspecified atom stereocenters. The fourth-order valence-corrected chi connectivity index (χ4v) is 1.27. The van der Waals surface area contributed by atoms with E-state index in [1.54, 1.807) is 12.1 Å². The maximum Gasteiger partial charge on any atom is 0.334 e. The topological polar surface area (TPSA) is 86.6 Å². The van der Waals surface area contributed by atoms with Crippen LogP contribution >= 0.6 is 0 Å². The number of rotatable bonds is 5.